The average Bonchev–Trinajstić information content (AvgIpc) is 2.97. The number of nitrogens with one attached hydrogen (secondary N) is 1. The molecular weight excluding hydrogens is 363 g/mol. The summed E-state index contributed by atoms with van der Waals surface area (Å²) in [6, 6.07) is 8.32. The standard InChI is InChI=1S/C16H18N2OS.H3O4P/c1-2-18-7-5-12(6-8-18)15-9-13-3-4-14(17-11-19)10-16(13)20-15;1-5(2,3)4/h3-5,9-11H,2,6-8H2,1H3,(H,17,19);(H3,1,2,3,4). The number of carbonyl (C=O) groups is 1. The number of phosphoric acid groups is 1. The van der Waals surface area contributed by atoms with E-state index in [1.165, 1.54) is 20.5 Å². The first-order valence-electron chi connectivity index (χ1n) is 7.74. The van der Waals surface area contributed by atoms with E-state index < -0.39 is 7.82 Å². The Morgan fingerprint density at radius 1 is 1.32 bits per heavy atom. The lowest BCUT2D eigenvalue weighted by molar-refractivity contribution is -0.105. The lowest BCUT2D eigenvalue weighted by Crippen LogP contribution is -2.27. The molecule has 0 unspecified atom stereocenters. The van der Waals surface area contributed by atoms with Crippen molar-refractivity contribution >= 4 is 46.9 Å². The maximum atomic E-state index is 10.5. The van der Waals surface area contributed by atoms with E-state index in [1.807, 2.05) is 23.5 Å². The third-order valence-corrected chi connectivity index (χ3v) is 4.98. The van der Waals surface area contributed by atoms with Gasteiger partial charge in [0, 0.05) is 28.4 Å². The molecular formula is C16H21N2O5PS. The molecule has 0 radical (unpaired) electrons. The minimum absolute atomic E-state index is 0.721. The summed E-state index contributed by atoms with van der Waals surface area (Å²) in [4.78, 5) is 35.9. The third-order valence-electron chi connectivity index (χ3n) is 3.80. The first kappa shape index (κ1) is 19.8. The number of likely N-dealkylation sites (N-methyl/N-ethyl adjacent to an activating group) is 1. The Morgan fingerprint density at radius 2 is 2.04 bits per heavy atom. The Labute approximate surface area is 149 Å². The van der Waals surface area contributed by atoms with Gasteiger partial charge in [-0.15, -0.1) is 11.3 Å². The third kappa shape index (κ3) is 6.36. The number of hydrogen-bond acceptors (Lipinski definition) is 4. The van der Waals surface area contributed by atoms with Crippen LogP contribution < -0.4 is 5.32 Å². The molecule has 0 spiro atoms. The fourth-order valence-electron chi connectivity index (χ4n) is 2.57. The molecule has 1 aliphatic heterocycles. The maximum absolute atomic E-state index is 10.5. The summed E-state index contributed by atoms with van der Waals surface area (Å²) in [5, 5.41) is 3.96. The summed E-state index contributed by atoms with van der Waals surface area (Å²) in [6.07, 6.45) is 4.20. The van der Waals surface area contributed by atoms with E-state index in [1.54, 1.807) is 0 Å². The van der Waals surface area contributed by atoms with Crippen LogP contribution in [0.4, 0.5) is 5.69 Å². The van der Waals surface area contributed by atoms with Crippen LogP contribution in [0.2, 0.25) is 0 Å². The molecule has 0 aliphatic carbocycles. The van der Waals surface area contributed by atoms with Gasteiger partial charge in [-0.3, -0.25) is 9.69 Å². The van der Waals surface area contributed by atoms with E-state index >= 15 is 0 Å². The Balaban J connectivity index is 0.000000399. The Kier molecular flexibility index (Phi) is 6.89. The molecule has 0 saturated heterocycles. The minimum Gasteiger partial charge on any atom is -0.329 e. The van der Waals surface area contributed by atoms with Gasteiger partial charge in [-0.05, 0) is 42.1 Å². The van der Waals surface area contributed by atoms with Crippen LogP contribution in [0.15, 0.2) is 30.3 Å². The van der Waals surface area contributed by atoms with E-state index in [0.29, 0.717) is 0 Å². The van der Waals surface area contributed by atoms with Gasteiger partial charge in [-0.25, -0.2) is 4.57 Å². The molecule has 2 heterocycles. The molecule has 9 heteroatoms. The van der Waals surface area contributed by atoms with Crippen LogP contribution in [-0.4, -0.2) is 45.6 Å². The predicted molar refractivity (Wildman–Crippen MR) is 100 cm³/mol. The highest BCUT2D eigenvalue weighted by molar-refractivity contribution is 7.45. The van der Waals surface area contributed by atoms with Crippen LogP contribution in [0.3, 0.4) is 0 Å². The largest absolute Gasteiger partial charge is 0.466 e. The zero-order valence-corrected chi connectivity index (χ0v) is 15.5. The number of benzene rings is 1. The molecule has 0 bridgehead atoms. The smallest absolute Gasteiger partial charge is 0.329 e. The molecule has 4 N–H and O–H groups in total. The van der Waals surface area contributed by atoms with Gasteiger partial charge in [-0.1, -0.05) is 19.1 Å². The van der Waals surface area contributed by atoms with Crippen LogP contribution in [0.1, 0.15) is 18.2 Å². The number of anilines is 1. The fraction of sp³-hybridized carbons (Fsp3) is 0.312. The number of hydrogen-bond donors (Lipinski definition) is 4. The fourth-order valence-corrected chi connectivity index (χ4v) is 3.74. The van der Waals surface area contributed by atoms with Crippen molar-refractivity contribution in [3.05, 3.63) is 35.2 Å². The van der Waals surface area contributed by atoms with Crippen LogP contribution >= 0.6 is 19.2 Å². The highest BCUT2D eigenvalue weighted by Crippen LogP contribution is 2.34. The molecule has 1 aromatic heterocycles. The van der Waals surface area contributed by atoms with Crippen molar-refractivity contribution in [2.24, 2.45) is 0 Å². The van der Waals surface area contributed by atoms with Crippen molar-refractivity contribution in [1.29, 1.82) is 0 Å². The van der Waals surface area contributed by atoms with Crippen LogP contribution in [0.5, 0.6) is 0 Å². The summed E-state index contributed by atoms with van der Waals surface area (Å²) in [5.41, 5.74) is 2.32. The molecule has 7 nitrogen and oxygen atoms in total. The summed E-state index contributed by atoms with van der Waals surface area (Å²) in [6.45, 7) is 5.53. The van der Waals surface area contributed by atoms with Gasteiger partial charge < -0.3 is 20.0 Å². The van der Waals surface area contributed by atoms with Crippen molar-refractivity contribution in [2.45, 2.75) is 13.3 Å². The molecule has 0 fully saturated rings. The summed E-state index contributed by atoms with van der Waals surface area (Å²) < 4.78 is 10.1. The second-order valence-electron chi connectivity index (χ2n) is 5.51. The van der Waals surface area contributed by atoms with E-state index in [4.69, 9.17) is 19.2 Å². The van der Waals surface area contributed by atoms with Gasteiger partial charge in [0.25, 0.3) is 0 Å². The lowest BCUT2D eigenvalue weighted by Gasteiger charge is -2.24. The van der Waals surface area contributed by atoms with Crippen molar-refractivity contribution in [1.82, 2.24) is 4.90 Å². The normalized spacial score (nSPS) is 15.3. The number of nitrogens with zero attached hydrogens (tertiary/aromatic N) is 1. The van der Waals surface area contributed by atoms with E-state index in [0.717, 1.165) is 38.2 Å². The zero-order valence-electron chi connectivity index (χ0n) is 13.8. The van der Waals surface area contributed by atoms with Crippen molar-refractivity contribution in [3.8, 4) is 0 Å². The second kappa shape index (κ2) is 8.71. The molecule has 3 rings (SSSR count). The van der Waals surface area contributed by atoms with Crippen molar-refractivity contribution in [3.63, 3.8) is 0 Å². The highest BCUT2D eigenvalue weighted by atomic mass is 32.1. The number of rotatable bonds is 4. The predicted octanol–water partition coefficient (Wildman–Crippen LogP) is 2.65. The highest BCUT2D eigenvalue weighted by Gasteiger charge is 2.13. The number of carbonyl (C=O) groups excluding carboxylic acids is 1. The molecule has 136 valence electrons. The number of fused-ring (bicyclic) bond motifs is 1. The van der Waals surface area contributed by atoms with Crippen molar-refractivity contribution < 1.29 is 24.0 Å². The molecule has 2 aromatic rings. The average molecular weight is 384 g/mol. The number of amides is 1. The second-order valence-corrected chi connectivity index (χ2v) is 7.62. The first-order chi connectivity index (χ1) is 11.8. The zero-order chi connectivity index (χ0) is 18.4. The van der Waals surface area contributed by atoms with Gasteiger partial charge in [0.15, 0.2) is 0 Å². The molecule has 1 aliphatic rings. The minimum atomic E-state index is -4.64. The monoisotopic (exact) mass is 384 g/mol. The summed E-state index contributed by atoms with van der Waals surface area (Å²) in [7, 11) is -4.64. The Hall–Kier alpha value is -1.54. The van der Waals surface area contributed by atoms with E-state index in [9.17, 15) is 4.79 Å². The Bertz CT molecular complexity index is 806. The summed E-state index contributed by atoms with van der Waals surface area (Å²) in [5.74, 6) is 0. The lowest BCUT2D eigenvalue weighted by atomic mass is 10.1. The molecule has 0 saturated carbocycles. The SMILES string of the molecule is CCN1CC=C(c2cc3ccc(NC=O)cc3s2)CC1.O=P(O)(O)O. The van der Waals surface area contributed by atoms with Crippen LogP contribution in [0, 0.1) is 0 Å². The number of thiophene rings is 1. The van der Waals surface area contributed by atoms with Crippen LogP contribution in [-0.2, 0) is 9.36 Å². The van der Waals surface area contributed by atoms with Gasteiger partial charge in [0.2, 0.25) is 6.41 Å². The Morgan fingerprint density at radius 3 is 2.60 bits per heavy atom. The van der Waals surface area contributed by atoms with Gasteiger partial charge in [0.1, 0.15) is 0 Å². The molecule has 0 atom stereocenters. The van der Waals surface area contributed by atoms with E-state index in [2.05, 4.69) is 35.3 Å². The van der Waals surface area contributed by atoms with Crippen molar-refractivity contribution in [2.75, 3.05) is 25.0 Å². The molecule has 1 amide bonds. The van der Waals surface area contributed by atoms with Gasteiger partial charge in [0.05, 0.1) is 0 Å². The topological polar surface area (TPSA) is 110 Å². The van der Waals surface area contributed by atoms with Crippen LogP contribution in [0.25, 0.3) is 15.7 Å². The van der Waals surface area contributed by atoms with E-state index in [-0.39, 0.29) is 0 Å². The summed E-state index contributed by atoms with van der Waals surface area (Å²) >= 11 is 1.81. The molecule has 1 aromatic carbocycles. The maximum Gasteiger partial charge on any atom is 0.466 e. The quantitative estimate of drug-likeness (QED) is 0.477. The molecule has 25 heavy (non-hydrogen) atoms. The van der Waals surface area contributed by atoms with Gasteiger partial charge in [-0.2, -0.15) is 0 Å². The first-order valence-corrected chi connectivity index (χ1v) is 10.1. The van der Waals surface area contributed by atoms with Gasteiger partial charge >= 0.3 is 7.82 Å².